The van der Waals surface area contributed by atoms with E-state index in [2.05, 4.69) is 9.98 Å². The van der Waals surface area contributed by atoms with Gasteiger partial charge in [-0.05, 0) is 23.6 Å². The van der Waals surface area contributed by atoms with Crippen molar-refractivity contribution in [1.82, 2.24) is 0 Å². The Morgan fingerprint density at radius 3 is 2.83 bits per heavy atom. The van der Waals surface area contributed by atoms with Gasteiger partial charge in [0.15, 0.2) is 0 Å². The Labute approximate surface area is 108 Å². The number of fused-ring (bicyclic) bond motifs is 1. The van der Waals surface area contributed by atoms with E-state index >= 15 is 0 Å². The van der Waals surface area contributed by atoms with Gasteiger partial charge in [0.2, 0.25) is 0 Å². The van der Waals surface area contributed by atoms with Crippen LogP contribution in [-0.2, 0) is 0 Å². The first kappa shape index (κ1) is 11.1. The van der Waals surface area contributed by atoms with Gasteiger partial charge < -0.3 is 5.73 Å². The third-order valence-electron chi connectivity index (χ3n) is 2.67. The largest absolute Gasteiger partial charge is 0.386 e. The lowest BCUT2D eigenvalue weighted by atomic mass is 10.0. The Balaban J connectivity index is 2.19. The van der Waals surface area contributed by atoms with Crippen LogP contribution in [0.15, 0.2) is 45.7 Å². The molecule has 3 rings (SSSR count). The molecule has 0 bridgehead atoms. The van der Waals surface area contributed by atoms with Crippen molar-refractivity contribution in [1.29, 1.82) is 0 Å². The molecule has 1 aliphatic heterocycles. The number of nitrogens with zero attached hydrogens (tertiary/aromatic N) is 2. The molecule has 1 aromatic carbocycles. The summed E-state index contributed by atoms with van der Waals surface area (Å²) >= 11 is 1.48. The molecule has 1 aromatic heterocycles. The number of aliphatic imine (C=N–C) groups is 2. The minimum absolute atomic E-state index is 0.283. The molecule has 0 aliphatic carbocycles. The summed E-state index contributed by atoms with van der Waals surface area (Å²) in [5.41, 5.74) is 7.69. The van der Waals surface area contributed by atoms with E-state index in [-0.39, 0.29) is 5.82 Å². The number of rotatable bonds is 1. The topological polar surface area (TPSA) is 50.7 Å². The zero-order valence-electron chi connectivity index (χ0n) is 9.43. The lowest BCUT2D eigenvalue weighted by molar-refractivity contribution is 0.625. The number of hydrogen-bond donors (Lipinski definition) is 1. The molecule has 0 spiro atoms. The minimum Gasteiger partial charge on any atom is -0.386 e. The van der Waals surface area contributed by atoms with Gasteiger partial charge in [-0.1, -0.05) is 12.1 Å². The second-order valence-corrected chi connectivity index (χ2v) is 4.78. The molecule has 0 fully saturated rings. The SMILES string of the molecule is NC1=Nc2sccc2C(c2ccccc2F)=NC1. The summed E-state index contributed by atoms with van der Waals surface area (Å²) < 4.78 is 13.9. The average Bonchev–Trinajstić information content (AvgIpc) is 2.74. The Morgan fingerprint density at radius 1 is 1.17 bits per heavy atom. The van der Waals surface area contributed by atoms with Crippen LogP contribution in [0.2, 0.25) is 0 Å². The quantitative estimate of drug-likeness (QED) is 0.841. The molecule has 2 aromatic rings. The highest BCUT2D eigenvalue weighted by molar-refractivity contribution is 7.14. The summed E-state index contributed by atoms with van der Waals surface area (Å²) in [7, 11) is 0. The maximum Gasteiger partial charge on any atom is 0.132 e. The van der Waals surface area contributed by atoms with E-state index in [9.17, 15) is 4.39 Å². The molecule has 0 atom stereocenters. The Bertz CT molecular complexity index is 658. The van der Waals surface area contributed by atoms with E-state index in [0.717, 1.165) is 10.6 Å². The Kier molecular flexibility index (Phi) is 2.68. The molecule has 0 saturated carbocycles. The van der Waals surface area contributed by atoms with Crippen LogP contribution in [0.5, 0.6) is 0 Å². The van der Waals surface area contributed by atoms with E-state index in [4.69, 9.17) is 5.73 Å². The molecular weight excluding hydrogens is 249 g/mol. The fourth-order valence-corrected chi connectivity index (χ4v) is 2.66. The first-order chi connectivity index (χ1) is 8.75. The van der Waals surface area contributed by atoms with Crippen LogP contribution in [-0.4, -0.2) is 18.1 Å². The van der Waals surface area contributed by atoms with Crippen molar-refractivity contribution in [2.24, 2.45) is 15.7 Å². The fourth-order valence-electron chi connectivity index (χ4n) is 1.86. The first-order valence-corrected chi connectivity index (χ1v) is 6.34. The molecule has 2 heterocycles. The summed E-state index contributed by atoms with van der Waals surface area (Å²) in [6, 6.07) is 8.50. The number of halogens is 1. The van der Waals surface area contributed by atoms with Crippen molar-refractivity contribution >= 4 is 27.9 Å². The van der Waals surface area contributed by atoms with Crippen molar-refractivity contribution in [3.63, 3.8) is 0 Å². The molecular formula is C13H10FN3S. The lowest BCUT2D eigenvalue weighted by Gasteiger charge is -2.05. The second-order valence-electron chi connectivity index (χ2n) is 3.89. The van der Waals surface area contributed by atoms with Crippen molar-refractivity contribution in [3.05, 3.63) is 52.7 Å². The molecule has 3 nitrogen and oxygen atoms in total. The molecule has 0 unspecified atom stereocenters. The molecule has 0 saturated heterocycles. The number of nitrogens with two attached hydrogens (primary N) is 1. The number of benzene rings is 1. The van der Waals surface area contributed by atoms with Gasteiger partial charge in [-0.2, -0.15) is 0 Å². The summed E-state index contributed by atoms with van der Waals surface area (Å²) in [5.74, 6) is 0.166. The van der Waals surface area contributed by atoms with Crippen molar-refractivity contribution in [2.45, 2.75) is 0 Å². The van der Waals surface area contributed by atoms with E-state index in [0.29, 0.717) is 23.7 Å². The maximum atomic E-state index is 13.9. The number of thiophene rings is 1. The first-order valence-electron chi connectivity index (χ1n) is 5.46. The van der Waals surface area contributed by atoms with Crippen LogP contribution in [0.3, 0.4) is 0 Å². The highest BCUT2D eigenvalue weighted by atomic mass is 32.1. The fraction of sp³-hybridized carbons (Fsp3) is 0.0769. The van der Waals surface area contributed by atoms with Crippen LogP contribution >= 0.6 is 11.3 Å². The highest BCUT2D eigenvalue weighted by Gasteiger charge is 2.18. The molecule has 90 valence electrons. The Hall–Kier alpha value is -2.01. The van der Waals surface area contributed by atoms with Crippen LogP contribution in [0.1, 0.15) is 11.1 Å². The standard InChI is InChI=1S/C13H10FN3S/c14-10-4-2-1-3-8(10)12-9-5-6-18-13(9)17-11(15)7-16-12/h1-6H,7H2,(H2,15,17). The predicted octanol–water partition coefficient (Wildman–Crippen LogP) is 2.73. The molecule has 5 heteroatoms. The zero-order chi connectivity index (χ0) is 12.5. The van der Waals surface area contributed by atoms with Gasteiger partial charge in [-0.15, -0.1) is 11.3 Å². The molecule has 1 aliphatic rings. The molecule has 0 amide bonds. The summed E-state index contributed by atoms with van der Waals surface area (Å²) in [6.07, 6.45) is 0. The third-order valence-corrected chi connectivity index (χ3v) is 3.48. The maximum absolute atomic E-state index is 13.9. The van der Waals surface area contributed by atoms with Crippen molar-refractivity contribution in [3.8, 4) is 0 Å². The monoisotopic (exact) mass is 259 g/mol. The lowest BCUT2D eigenvalue weighted by Crippen LogP contribution is -2.15. The van der Waals surface area contributed by atoms with E-state index in [1.807, 2.05) is 11.4 Å². The number of amidine groups is 1. The van der Waals surface area contributed by atoms with E-state index in [1.165, 1.54) is 17.4 Å². The van der Waals surface area contributed by atoms with Gasteiger partial charge in [0.1, 0.15) is 16.7 Å². The van der Waals surface area contributed by atoms with Gasteiger partial charge in [0, 0.05) is 11.1 Å². The second kappa shape index (κ2) is 4.34. The van der Waals surface area contributed by atoms with Gasteiger partial charge in [-0.25, -0.2) is 9.38 Å². The van der Waals surface area contributed by atoms with Crippen LogP contribution < -0.4 is 5.73 Å². The van der Waals surface area contributed by atoms with Crippen LogP contribution in [0.25, 0.3) is 0 Å². The normalized spacial score (nSPS) is 14.5. The highest BCUT2D eigenvalue weighted by Crippen LogP contribution is 2.31. The van der Waals surface area contributed by atoms with Gasteiger partial charge in [0.25, 0.3) is 0 Å². The zero-order valence-corrected chi connectivity index (χ0v) is 10.2. The molecule has 0 radical (unpaired) electrons. The van der Waals surface area contributed by atoms with E-state index < -0.39 is 0 Å². The smallest absolute Gasteiger partial charge is 0.132 e. The molecule has 18 heavy (non-hydrogen) atoms. The third kappa shape index (κ3) is 1.82. The van der Waals surface area contributed by atoms with Crippen LogP contribution in [0, 0.1) is 5.82 Å². The van der Waals surface area contributed by atoms with Crippen molar-refractivity contribution in [2.75, 3.05) is 6.54 Å². The van der Waals surface area contributed by atoms with Crippen molar-refractivity contribution < 1.29 is 4.39 Å². The summed E-state index contributed by atoms with van der Waals surface area (Å²) in [5, 5.41) is 2.69. The van der Waals surface area contributed by atoms with Crippen LogP contribution in [0.4, 0.5) is 9.39 Å². The van der Waals surface area contributed by atoms with Gasteiger partial charge in [-0.3, -0.25) is 4.99 Å². The van der Waals surface area contributed by atoms with Gasteiger partial charge >= 0.3 is 0 Å². The summed E-state index contributed by atoms with van der Waals surface area (Å²) in [6.45, 7) is 0.297. The molecule has 2 N–H and O–H groups in total. The van der Waals surface area contributed by atoms with E-state index in [1.54, 1.807) is 18.2 Å². The summed E-state index contributed by atoms with van der Waals surface area (Å²) in [4.78, 5) is 8.66. The van der Waals surface area contributed by atoms with Gasteiger partial charge in [0.05, 0.1) is 12.3 Å². The average molecular weight is 259 g/mol. The minimum atomic E-state index is -0.283. The Morgan fingerprint density at radius 2 is 2.00 bits per heavy atom. The predicted molar refractivity (Wildman–Crippen MR) is 72.5 cm³/mol. The number of hydrogen-bond acceptors (Lipinski definition) is 4.